The van der Waals surface area contributed by atoms with E-state index in [-0.39, 0.29) is 0 Å². The van der Waals surface area contributed by atoms with Crippen molar-refractivity contribution >= 4 is 0 Å². The van der Waals surface area contributed by atoms with Gasteiger partial charge in [0.1, 0.15) is 0 Å². The highest BCUT2D eigenvalue weighted by atomic mass is 16.5. The molecule has 0 aromatic heterocycles. The first-order valence-corrected chi connectivity index (χ1v) is 4.11. The number of hydrogen-bond acceptors (Lipinski definition) is 1. The molecule has 1 aliphatic rings. The van der Waals surface area contributed by atoms with Crippen LogP contribution in [0.2, 0.25) is 0 Å². The Balaban J connectivity index is 1.95. The van der Waals surface area contributed by atoms with Crippen LogP contribution in [0.1, 0.15) is 12.0 Å². The van der Waals surface area contributed by atoms with E-state index in [2.05, 4.69) is 24.3 Å². The molecule has 0 saturated carbocycles. The fourth-order valence-corrected chi connectivity index (χ4v) is 1.32. The summed E-state index contributed by atoms with van der Waals surface area (Å²) in [5.41, 5.74) is 1.39. The molecule has 1 aliphatic heterocycles. The lowest BCUT2D eigenvalue weighted by Gasteiger charge is -2.26. The van der Waals surface area contributed by atoms with Crippen molar-refractivity contribution in [2.24, 2.45) is 0 Å². The van der Waals surface area contributed by atoms with E-state index in [9.17, 15) is 0 Å². The molecule has 1 aromatic carbocycles. The summed E-state index contributed by atoms with van der Waals surface area (Å²) >= 11 is 0. The van der Waals surface area contributed by atoms with Gasteiger partial charge in [-0.25, -0.2) is 0 Å². The van der Waals surface area contributed by atoms with Gasteiger partial charge in [0, 0.05) is 6.61 Å². The number of hydrogen-bond donors (Lipinski definition) is 0. The molecule has 1 nitrogen and oxygen atoms in total. The SMILES string of the molecule is c1ccc(C[C@H]2CCO2)cc1. The monoisotopic (exact) mass is 148 g/mol. The second-order valence-corrected chi connectivity index (χ2v) is 2.97. The quantitative estimate of drug-likeness (QED) is 0.623. The molecule has 1 heteroatoms. The van der Waals surface area contributed by atoms with Crippen LogP contribution in [0.3, 0.4) is 0 Å². The van der Waals surface area contributed by atoms with Crippen LogP contribution in [0.25, 0.3) is 0 Å². The van der Waals surface area contributed by atoms with Crippen molar-refractivity contribution in [3.05, 3.63) is 35.9 Å². The zero-order valence-corrected chi connectivity index (χ0v) is 6.49. The van der Waals surface area contributed by atoms with Gasteiger partial charge < -0.3 is 4.74 Å². The van der Waals surface area contributed by atoms with Crippen molar-refractivity contribution in [2.75, 3.05) is 6.61 Å². The third-order valence-corrected chi connectivity index (χ3v) is 2.10. The molecule has 1 atom stereocenters. The number of rotatable bonds is 2. The molecular weight excluding hydrogens is 136 g/mol. The van der Waals surface area contributed by atoms with Crippen LogP contribution in [0.15, 0.2) is 30.3 Å². The third kappa shape index (κ3) is 1.60. The molecular formula is C10H12O. The van der Waals surface area contributed by atoms with E-state index in [1.165, 1.54) is 12.0 Å². The minimum Gasteiger partial charge on any atom is -0.378 e. The molecule has 0 unspecified atom stereocenters. The summed E-state index contributed by atoms with van der Waals surface area (Å²) in [6.07, 6.45) is 2.81. The van der Waals surface area contributed by atoms with Crippen LogP contribution < -0.4 is 0 Å². The van der Waals surface area contributed by atoms with Crippen LogP contribution in [-0.2, 0) is 11.2 Å². The van der Waals surface area contributed by atoms with E-state index in [4.69, 9.17) is 4.74 Å². The molecule has 0 amide bonds. The topological polar surface area (TPSA) is 9.23 Å². The van der Waals surface area contributed by atoms with Crippen LogP contribution >= 0.6 is 0 Å². The summed E-state index contributed by atoms with van der Waals surface area (Å²) in [6.45, 7) is 0.956. The first kappa shape index (κ1) is 6.86. The van der Waals surface area contributed by atoms with Crippen molar-refractivity contribution in [1.82, 2.24) is 0 Å². The number of ether oxygens (including phenoxy) is 1. The lowest BCUT2D eigenvalue weighted by molar-refractivity contribution is -0.0491. The van der Waals surface area contributed by atoms with E-state index >= 15 is 0 Å². The minimum absolute atomic E-state index is 0.498. The molecule has 0 bridgehead atoms. The molecule has 1 saturated heterocycles. The highest BCUT2D eigenvalue weighted by Crippen LogP contribution is 2.16. The fourth-order valence-electron chi connectivity index (χ4n) is 1.32. The molecule has 0 spiro atoms. The predicted octanol–water partition coefficient (Wildman–Crippen LogP) is 2.02. The summed E-state index contributed by atoms with van der Waals surface area (Å²) in [7, 11) is 0. The van der Waals surface area contributed by atoms with Crippen LogP contribution in [0.4, 0.5) is 0 Å². The highest BCUT2D eigenvalue weighted by molar-refractivity contribution is 5.15. The smallest absolute Gasteiger partial charge is 0.0637 e. The fraction of sp³-hybridized carbons (Fsp3) is 0.400. The molecule has 1 heterocycles. The number of benzene rings is 1. The predicted molar refractivity (Wildman–Crippen MR) is 44.5 cm³/mol. The zero-order chi connectivity index (χ0) is 7.52. The Morgan fingerprint density at radius 1 is 1.27 bits per heavy atom. The molecule has 0 aliphatic carbocycles. The maximum absolute atomic E-state index is 5.33. The van der Waals surface area contributed by atoms with E-state index in [0.717, 1.165) is 13.0 Å². The molecule has 0 radical (unpaired) electrons. The first-order valence-electron chi connectivity index (χ1n) is 4.11. The highest BCUT2D eigenvalue weighted by Gasteiger charge is 2.17. The average Bonchev–Trinajstić information content (AvgIpc) is 1.99. The average molecular weight is 148 g/mol. The maximum Gasteiger partial charge on any atom is 0.0637 e. The molecule has 1 aromatic rings. The van der Waals surface area contributed by atoms with E-state index in [1.54, 1.807) is 0 Å². The van der Waals surface area contributed by atoms with Crippen LogP contribution in [0.5, 0.6) is 0 Å². The van der Waals surface area contributed by atoms with Gasteiger partial charge in [0.15, 0.2) is 0 Å². The Kier molecular flexibility index (Phi) is 1.91. The summed E-state index contributed by atoms with van der Waals surface area (Å²) in [5.74, 6) is 0. The van der Waals surface area contributed by atoms with Crippen molar-refractivity contribution in [2.45, 2.75) is 18.9 Å². The normalized spacial score (nSPS) is 22.7. The molecule has 58 valence electrons. The first-order chi connectivity index (χ1) is 5.45. The van der Waals surface area contributed by atoms with Crippen molar-refractivity contribution in [1.29, 1.82) is 0 Å². The molecule has 2 rings (SSSR count). The van der Waals surface area contributed by atoms with Gasteiger partial charge in [0.25, 0.3) is 0 Å². The summed E-state index contributed by atoms with van der Waals surface area (Å²) < 4.78 is 5.33. The zero-order valence-electron chi connectivity index (χ0n) is 6.49. The van der Waals surface area contributed by atoms with E-state index < -0.39 is 0 Å². The molecule has 0 N–H and O–H groups in total. The summed E-state index contributed by atoms with van der Waals surface area (Å²) in [4.78, 5) is 0. The van der Waals surface area contributed by atoms with Gasteiger partial charge in [-0.05, 0) is 18.4 Å². The van der Waals surface area contributed by atoms with Crippen molar-refractivity contribution in [3.8, 4) is 0 Å². The van der Waals surface area contributed by atoms with Gasteiger partial charge in [-0.15, -0.1) is 0 Å². The maximum atomic E-state index is 5.33. The summed E-state index contributed by atoms with van der Waals surface area (Å²) in [5, 5.41) is 0. The second kappa shape index (κ2) is 3.05. The van der Waals surface area contributed by atoms with Crippen LogP contribution in [-0.4, -0.2) is 12.7 Å². The minimum atomic E-state index is 0.498. The largest absolute Gasteiger partial charge is 0.378 e. The Bertz CT molecular complexity index is 214. The van der Waals surface area contributed by atoms with Gasteiger partial charge in [-0.1, -0.05) is 30.3 Å². The van der Waals surface area contributed by atoms with Crippen molar-refractivity contribution < 1.29 is 4.74 Å². The Labute approximate surface area is 67.0 Å². The Morgan fingerprint density at radius 3 is 2.55 bits per heavy atom. The molecule has 1 fully saturated rings. The Hall–Kier alpha value is -0.820. The third-order valence-electron chi connectivity index (χ3n) is 2.10. The van der Waals surface area contributed by atoms with Gasteiger partial charge in [-0.2, -0.15) is 0 Å². The van der Waals surface area contributed by atoms with E-state index in [1.807, 2.05) is 6.07 Å². The van der Waals surface area contributed by atoms with Gasteiger partial charge in [0.05, 0.1) is 6.10 Å². The van der Waals surface area contributed by atoms with Crippen molar-refractivity contribution in [3.63, 3.8) is 0 Å². The van der Waals surface area contributed by atoms with Crippen LogP contribution in [0, 0.1) is 0 Å². The van der Waals surface area contributed by atoms with E-state index in [0.29, 0.717) is 6.10 Å². The van der Waals surface area contributed by atoms with Gasteiger partial charge in [-0.3, -0.25) is 0 Å². The lowest BCUT2D eigenvalue weighted by atomic mass is 10.0. The summed E-state index contributed by atoms with van der Waals surface area (Å²) in [6, 6.07) is 10.5. The lowest BCUT2D eigenvalue weighted by Crippen LogP contribution is -2.28. The molecule has 11 heavy (non-hydrogen) atoms. The van der Waals surface area contributed by atoms with Gasteiger partial charge >= 0.3 is 0 Å². The second-order valence-electron chi connectivity index (χ2n) is 2.97. The standard InChI is InChI=1S/C10H12O/c1-2-4-9(5-3-1)8-10-6-7-11-10/h1-5,10H,6-8H2/t10-/m1/s1. The Morgan fingerprint density at radius 2 is 2.00 bits per heavy atom. The van der Waals surface area contributed by atoms with Gasteiger partial charge in [0.2, 0.25) is 0 Å².